The van der Waals surface area contributed by atoms with Gasteiger partial charge in [-0.1, -0.05) is 11.2 Å². The molecule has 0 fully saturated rings. The summed E-state index contributed by atoms with van der Waals surface area (Å²) in [6.45, 7) is 3.20. The number of aryl methyl sites for hydroxylation is 1. The molecule has 0 atom stereocenters. The molecular weight excluding hydrogens is 442 g/mol. The highest BCUT2D eigenvalue weighted by molar-refractivity contribution is 5.56. The fourth-order valence-corrected chi connectivity index (χ4v) is 3.98. The van der Waals surface area contributed by atoms with Crippen molar-refractivity contribution in [2.45, 2.75) is 32.5 Å². The van der Waals surface area contributed by atoms with Gasteiger partial charge < -0.3 is 24.2 Å². The van der Waals surface area contributed by atoms with Crippen molar-refractivity contribution in [3.63, 3.8) is 0 Å². The third kappa shape index (κ3) is 4.18. The molecule has 0 radical (unpaired) electrons. The highest BCUT2D eigenvalue weighted by atomic mass is 16.5. The van der Waals surface area contributed by atoms with Gasteiger partial charge in [-0.2, -0.15) is 4.52 Å². The van der Waals surface area contributed by atoms with Crippen molar-refractivity contribution in [2.24, 2.45) is 0 Å². The van der Waals surface area contributed by atoms with Gasteiger partial charge in [-0.3, -0.25) is 9.88 Å². The average Bonchev–Trinajstić information content (AvgIpc) is 3.48. The smallest absolute Gasteiger partial charge is 0.275 e. The summed E-state index contributed by atoms with van der Waals surface area (Å²) < 4.78 is 18.1. The maximum Gasteiger partial charge on any atom is 0.275 e. The van der Waals surface area contributed by atoms with Gasteiger partial charge in [-0.25, -0.2) is 0 Å². The molecule has 0 unspecified atom stereocenters. The molecule has 0 aromatic carbocycles. The van der Waals surface area contributed by atoms with Gasteiger partial charge in [0.05, 0.1) is 32.1 Å². The number of aliphatic hydroxyl groups is 2. The minimum Gasteiger partial charge on any atom is -0.491 e. The Labute approximate surface area is 194 Å². The molecule has 178 valence electrons. The van der Waals surface area contributed by atoms with Crippen LogP contribution in [0.5, 0.6) is 11.6 Å². The van der Waals surface area contributed by atoms with Crippen LogP contribution in [0.15, 0.2) is 28.8 Å². The molecule has 2 N–H and O–H groups in total. The van der Waals surface area contributed by atoms with E-state index in [0.29, 0.717) is 35.2 Å². The van der Waals surface area contributed by atoms with Crippen molar-refractivity contribution >= 4 is 5.65 Å². The molecule has 12 heteroatoms. The number of nitrogens with zero attached hydrogens (tertiary/aromatic N) is 7. The zero-order valence-corrected chi connectivity index (χ0v) is 18.9. The predicted octanol–water partition coefficient (Wildman–Crippen LogP) is 0.782. The van der Waals surface area contributed by atoms with Crippen molar-refractivity contribution in [3.8, 4) is 23.1 Å². The standard InChI is InChI=1S/C22H25N7O5/c1-13-7-18(27-34-13)21-25-24-20-8-19(32-2)22(26-29(20)21)33-12-15-4-3-14-9-28(16(10-30)11-31)6-5-17(14)23-15/h3-4,7-8,16,30-31H,5-6,9-12H2,1-2H3. The van der Waals surface area contributed by atoms with Crippen LogP contribution < -0.4 is 9.47 Å². The lowest BCUT2D eigenvalue weighted by Crippen LogP contribution is -2.43. The van der Waals surface area contributed by atoms with Crippen LogP contribution in [-0.2, 0) is 19.6 Å². The highest BCUT2D eigenvalue weighted by Gasteiger charge is 2.24. The first kappa shape index (κ1) is 22.2. The zero-order valence-electron chi connectivity index (χ0n) is 18.9. The van der Waals surface area contributed by atoms with Crippen LogP contribution in [0.3, 0.4) is 0 Å². The van der Waals surface area contributed by atoms with E-state index in [1.54, 1.807) is 19.1 Å². The van der Waals surface area contributed by atoms with E-state index < -0.39 is 0 Å². The molecule has 1 aliphatic heterocycles. The summed E-state index contributed by atoms with van der Waals surface area (Å²) in [5.74, 6) is 1.78. The van der Waals surface area contributed by atoms with Gasteiger partial charge in [0, 0.05) is 37.3 Å². The van der Waals surface area contributed by atoms with E-state index in [1.807, 2.05) is 12.1 Å². The number of hydrogen-bond acceptors (Lipinski definition) is 11. The monoisotopic (exact) mass is 467 g/mol. The van der Waals surface area contributed by atoms with Crippen LogP contribution in [-0.4, -0.2) is 78.0 Å². The normalized spacial score (nSPS) is 14.0. The molecule has 0 saturated heterocycles. The Balaban J connectivity index is 1.36. The van der Waals surface area contributed by atoms with Crippen molar-refractivity contribution < 1.29 is 24.2 Å². The molecule has 34 heavy (non-hydrogen) atoms. The van der Waals surface area contributed by atoms with E-state index in [4.69, 9.17) is 19.0 Å². The minimum absolute atomic E-state index is 0.0746. The SMILES string of the molecule is COc1cc2nnc(-c3cc(C)on3)n2nc1OCc1ccc2c(n1)CCN(C(CO)CO)C2. The van der Waals surface area contributed by atoms with Crippen LogP contribution in [0.2, 0.25) is 0 Å². The van der Waals surface area contributed by atoms with Crippen LogP contribution in [0.4, 0.5) is 0 Å². The van der Waals surface area contributed by atoms with Crippen LogP contribution in [0.1, 0.15) is 22.7 Å². The fourth-order valence-electron chi connectivity index (χ4n) is 3.98. The molecule has 0 spiro atoms. The number of ether oxygens (including phenoxy) is 2. The number of aliphatic hydroxyl groups excluding tert-OH is 2. The van der Waals surface area contributed by atoms with Crippen LogP contribution >= 0.6 is 0 Å². The maximum atomic E-state index is 9.46. The number of hydrogen-bond donors (Lipinski definition) is 2. The lowest BCUT2D eigenvalue weighted by atomic mass is 10.0. The molecule has 0 saturated carbocycles. The van der Waals surface area contributed by atoms with Crippen molar-refractivity contribution in [3.05, 3.63) is 47.0 Å². The number of fused-ring (bicyclic) bond motifs is 2. The third-order valence-corrected chi connectivity index (χ3v) is 5.83. The molecular formula is C22H25N7O5. The van der Waals surface area contributed by atoms with Gasteiger partial charge in [-0.15, -0.1) is 15.3 Å². The first-order valence-corrected chi connectivity index (χ1v) is 10.9. The lowest BCUT2D eigenvalue weighted by Gasteiger charge is -2.33. The summed E-state index contributed by atoms with van der Waals surface area (Å²) in [7, 11) is 1.54. The largest absolute Gasteiger partial charge is 0.491 e. The van der Waals surface area contributed by atoms with Crippen LogP contribution in [0.25, 0.3) is 17.2 Å². The number of rotatable bonds is 8. The number of aromatic nitrogens is 6. The second kappa shape index (κ2) is 9.33. The van der Waals surface area contributed by atoms with E-state index in [1.165, 1.54) is 11.6 Å². The van der Waals surface area contributed by atoms with Gasteiger partial charge >= 0.3 is 0 Å². The molecule has 0 aliphatic carbocycles. The van der Waals surface area contributed by atoms with Crippen molar-refractivity contribution in [1.82, 2.24) is 34.9 Å². The Hall–Kier alpha value is -3.61. The molecule has 12 nitrogen and oxygen atoms in total. The lowest BCUT2D eigenvalue weighted by molar-refractivity contribution is 0.0645. The second-order valence-electron chi connectivity index (χ2n) is 8.07. The Bertz CT molecular complexity index is 1300. The van der Waals surface area contributed by atoms with E-state index in [-0.39, 0.29) is 31.7 Å². The Morgan fingerprint density at radius 1 is 1.18 bits per heavy atom. The summed E-state index contributed by atoms with van der Waals surface area (Å²) in [5, 5.41) is 35.7. The third-order valence-electron chi connectivity index (χ3n) is 5.83. The van der Waals surface area contributed by atoms with Crippen molar-refractivity contribution in [2.75, 3.05) is 26.9 Å². The van der Waals surface area contributed by atoms with Gasteiger partial charge in [0.1, 0.15) is 12.4 Å². The molecule has 5 heterocycles. The molecule has 0 amide bonds. The van der Waals surface area contributed by atoms with Gasteiger partial charge in [0.2, 0.25) is 5.82 Å². The molecule has 4 aromatic heterocycles. The molecule has 1 aliphatic rings. The maximum absolute atomic E-state index is 9.46. The predicted molar refractivity (Wildman–Crippen MR) is 118 cm³/mol. The summed E-state index contributed by atoms with van der Waals surface area (Å²) >= 11 is 0. The minimum atomic E-state index is -0.256. The van der Waals surface area contributed by atoms with E-state index in [9.17, 15) is 10.2 Å². The molecule has 5 rings (SSSR count). The quantitative estimate of drug-likeness (QED) is 0.379. The van der Waals surface area contributed by atoms with E-state index in [0.717, 1.165) is 29.9 Å². The summed E-state index contributed by atoms with van der Waals surface area (Å²) in [6.07, 6.45) is 0.731. The first-order chi connectivity index (χ1) is 16.6. The Kier molecular flexibility index (Phi) is 6.09. The van der Waals surface area contributed by atoms with E-state index in [2.05, 4.69) is 25.4 Å². The van der Waals surface area contributed by atoms with Gasteiger partial charge in [0.25, 0.3) is 5.88 Å². The second-order valence-corrected chi connectivity index (χ2v) is 8.07. The fraction of sp³-hybridized carbons (Fsp3) is 0.409. The number of methoxy groups -OCH3 is 1. The Morgan fingerprint density at radius 3 is 2.76 bits per heavy atom. The van der Waals surface area contributed by atoms with Gasteiger partial charge in [-0.05, 0) is 18.6 Å². The summed E-state index contributed by atoms with van der Waals surface area (Å²) in [4.78, 5) is 6.82. The molecule has 0 bridgehead atoms. The average molecular weight is 467 g/mol. The highest BCUT2D eigenvalue weighted by Crippen LogP contribution is 2.28. The van der Waals surface area contributed by atoms with E-state index >= 15 is 0 Å². The summed E-state index contributed by atoms with van der Waals surface area (Å²) in [6, 6.07) is 7.11. The topological polar surface area (TPSA) is 144 Å². The van der Waals surface area contributed by atoms with Crippen LogP contribution in [0, 0.1) is 6.92 Å². The first-order valence-electron chi connectivity index (χ1n) is 10.9. The Morgan fingerprint density at radius 2 is 2.03 bits per heavy atom. The molecule has 4 aromatic rings. The van der Waals surface area contributed by atoms with Gasteiger partial charge in [0.15, 0.2) is 17.1 Å². The number of pyridine rings is 1. The summed E-state index contributed by atoms with van der Waals surface area (Å²) in [5.41, 5.74) is 3.83. The zero-order chi connectivity index (χ0) is 23.7. The van der Waals surface area contributed by atoms with Crippen molar-refractivity contribution in [1.29, 1.82) is 0 Å².